The Balaban J connectivity index is 1.61. The van der Waals surface area contributed by atoms with Crippen LogP contribution in [-0.4, -0.2) is 27.7 Å². The molecule has 1 aliphatic carbocycles. The minimum Gasteiger partial charge on any atom is -0.354 e. The van der Waals surface area contributed by atoms with Crippen LogP contribution in [0.3, 0.4) is 0 Å². The Morgan fingerprint density at radius 1 is 1.13 bits per heavy atom. The molecule has 2 heterocycles. The van der Waals surface area contributed by atoms with E-state index in [2.05, 4.69) is 10.3 Å². The summed E-state index contributed by atoms with van der Waals surface area (Å²) in [4.78, 5) is 31.4. The molecular formula is C25H20FN3O2. The number of hydrogen-bond donors (Lipinski definition) is 2. The van der Waals surface area contributed by atoms with E-state index in [-0.39, 0.29) is 17.9 Å². The summed E-state index contributed by atoms with van der Waals surface area (Å²) in [6, 6.07) is 13.1. The molecule has 2 amide bonds. The average Bonchev–Trinajstić information content (AvgIpc) is 3.02. The third-order valence-electron chi connectivity index (χ3n) is 5.71. The molecule has 2 aromatic carbocycles. The smallest absolute Gasteiger partial charge is 0.259 e. The highest BCUT2D eigenvalue weighted by Crippen LogP contribution is 2.33. The predicted molar refractivity (Wildman–Crippen MR) is 117 cm³/mol. The monoisotopic (exact) mass is 413 g/mol. The average molecular weight is 413 g/mol. The molecule has 0 fully saturated rings. The van der Waals surface area contributed by atoms with Gasteiger partial charge in [-0.05, 0) is 61.4 Å². The Morgan fingerprint density at radius 2 is 1.87 bits per heavy atom. The van der Waals surface area contributed by atoms with Crippen LogP contribution < -0.4 is 5.32 Å². The number of rotatable bonds is 3. The third-order valence-corrected chi connectivity index (χ3v) is 5.71. The van der Waals surface area contributed by atoms with Crippen molar-refractivity contribution in [3.63, 3.8) is 0 Å². The summed E-state index contributed by atoms with van der Waals surface area (Å²) in [6.45, 7) is 1.95. The lowest BCUT2D eigenvalue weighted by Gasteiger charge is -2.25. The van der Waals surface area contributed by atoms with Gasteiger partial charge in [0.15, 0.2) is 0 Å². The minimum absolute atomic E-state index is 0.205. The number of fused-ring (bicyclic) bond motifs is 3. The van der Waals surface area contributed by atoms with Gasteiger partial charge >= 0.3 is 0 Å². The van der Waals surface area contributed by atoms with E-state index in [9.17, 15) is 14.0 Å². The van der Waals surface area contributed by atoms with E-state index in [4.69, 9.17) is 0 Å². The minimum atomic E-state index is -0.403. The Morgan fingerprint density at radius 3 is 2.58 bits per heavy atom. The number of carbonyl (C=O) groups is 2. The number of amides is 2. The lowest BCUT2D eigenvalue weighted by atomic mass is 10.0. The van der Waals surface area contributed by atoms with Crippen molar-refractivity contribution < 1.29 is 14.0 Å². The normalized spacial score (nSPS) is 17.4. The van der Waals surface area contributed by atoms with E-state index < -0.39 is 5.82 Å². The second-order valence-electron chi connectivity index (χ2n) is 7.77. The van der Waals surface area contributed by atoms with Gasteiger partial charge < -0.3 is 15.2 Å². The number of allylic oxidation sites excluding steroid dienone is 3. The van der Waals surface area contributed by atoms with Gasteiger partial charge in [-0.25, -0.2) is 4.39 Å². The van der Waals surface area contributed by atoms with Gasteiger partial charge in [-0.3, -0.25) is 9.59 Å². The molecule has 1 unspecified atom stereocenters. The summed E-state index contributed by atoms with van der Waals surface area (Å²) in [5, 5.41) is 3.91. The number of halogens is 1. The highest BCUT2D eigenvalue weighted by atomic mass is 19.1. The highest BCUT2D eigenvalue weighted by molar-refractivity contribution is 6.21. The van der Waals surface area contributed by atoms with Gasteiger partial charge in [-0.15, -0.1) is 0 Å². The van der Waals surface area contributed by atoms with Crippen molar-refractivity contribution in [2.75, 3.05) is 0 Å². The summed E-state index contributed by atoms with van der Waals surface area (Å²) in [6.07, 6.45) is 7.65. The van der Waals surface area contributed by atoms with Crippen LogP contribution in [0.2, 0.25) is 0 Å². The molecule has 0 bridgehead atoms. The fraction of sp³-hybridized carbons (Fsp3) is 0.120. The number of para-hydroxylation sites is 1. The van der Waals surface area contributed by atoms with Crippen molar-refractivity contribution in [3.05, 3.63) is 101 Å². The van der Waals surface area contributed by atoms with Crippen LogP contribution in [0, 0.1) is 5.82 Å². The summed E-state index contributed by atoms with van der Waals surface area (Å²) in [5.41, 5.74) is 4.12. The zero-order valence-electron chi connectivity index (χ0n) is 16.9. The fourth-order valence-corrected chi connectivity index (χ4v) is 4.01. The van der Waals surface area contributed by atoms with Crippen LogP contribution in [0.25, 0.3) is 16.5 Å². The van der Waals surface area contributed by atoms with Crippen molar-refractivity contribution in [1.82, 2.24) is 15.2 Å². The molecule has 5 nitrogen and oxygen atoms in total. The molecule has 154 valence electrons. The van der Waals surface area contributed by atoms with E-state index in [1.807, 2.05) is 49.4 Å². The van der Waals surface area contributed by atoms with E-state index in [0.717, 1.165) is 22.2 Å². The number of benzene rings is 2. The summed E-state index contributed by atoms with van der Waals surface area (Å²) in [5.74, 6) is -0.983. The van der Waals surface area contributed by atoms with Crippen molar-refractivity contribution in [1.29, 1.82) is 0 Å². The molecule has 5 rings (SSSR count). The lowest BCUT2D eigenvalue weighted by molar-refractivity contribution is -0.114. The quantitative estimate of drug-likeness (QED) is 0.672. The van der Waals surface area contributed by atoms with Gasteiger partial charge in [0, 0.05) is 34.4 Å². The number of nitrogens with one attached hydrogen (secondary N) is 2. The molecule has 6 heteroatoms. The van der Waals surface area contributed by atoms with Crippen molar-refractivity contribution in [2.24, 2.45) is 0 Å². The van der Waals surface area contributed by atoms with Gasteiger partial charge in [0.1, 0.15) is 5.82 Å². The van der Waals surface area contributed by atoms with Gasteiger partial charge in [0.05, 0.1) is 11.3 Å². The molecule has 1 atom stereocenters. The number of nitrogens with zero attached hydrogens (tertiary/aromatic N) is 1. The maximum Gasteiger partial charge on any atom is 0.259 e. The second-order valence-corrected chi connectivity index (χ2v) is 7.77. The predicted octanol–water partition coefficient (Wildman–Crippen LogP) is 4.30. The number of aromatic amines is 1. The molecule has 1 aliphatic heterocycles. The van der Waals surface area contributed by atoms with Crippen LogP contribution in [0.5, 0.6) is 0 Å². The van der Waals surface area contributed by atoms with E-state index in [1.54, 1.807) is 11.1 Å². The Kier molecular flexibility index (Phi) is 4.55. The van der Waals surface area contributed by atoms with Crippen molar-refractivity contribution in [2.45, 2.75) is 19.4 Å². The van der Waals surface area contributed by atoms with Crippen LogP contribution in [0.15, 0.2) is 78.7 Å². The summed E-state index contributed by atoms with van der Waals surface area (Å²) < 4.78 is 13.3. The van der Waals surface area contributed by atoms with Gasteiger partial charge in [0.25, 0.3) is 11.8 Å². The first kappa shape index (κ1) is 19.1. The Labute approximate surface area is 178 Å². The summed E-state index contributed by atoms with van der Waals surface area (Å²) >= 11 is 0. The second kappa shape index (κ2) is 7.40. The number of hydrogen-bond acceptors (Lipinski definition) is 2. The highest BCUT2D eigenvalue weighted by Gasteiger charge is 2.31. The van der Waals surface area contributed by atoms with Gasteiger partial charge in [-0.2, -0.15) is 0 Å². The van der Waals surface area contributed by atoms with Gasteiger partial charge in [-0.1, -0.05) is 24.3 Å². The Bertz CT molecular complexity index is 1300. The van der Waals surface area contributed by atoms with Crippen LogP contribution in [0.1, 0.15) is 28.5 Å². The number of aromatic nitrogens is 1. The molecule has 31 heavy (non-hydrogen) atoms. The largest absolute Gasteiger partial charge is 0.354 e. The first-order valence-electron chi connectivity index (χ1n) is 10.1. The topological polar surface area (TPSA) is 65.2 Å². The Hall–Kier alpha value is -3.93. The molecule has 0 radical (unpaired) electrons. The van der Waals surface area contributed by atoms with Crippen molar-refractivity contribution in [3.8, 4) is 0 Å². The van der Waals surface area contributed by atoms with Crippen LogP contribution in [0.4, 0.5) is 4.39 Å². The molecule has 0 spiro atoms. The molecule has 0 saturated heterocycles. The van der Waals surface area contributed by atoms with Gasteiger partial charge in [0.2, 0.25) is 0 Å². The molecule has 1 aromatic heterocycles. The van der Waals surface area contributed by atoms with Crippen LogP contribution >= 0.6 is 0 Å². The first-order valence-corrected chi connectivity index (χ1v) is 10.1. The molecular weight excluding hydrogens is 393 g/mol. The van der Waals surface area contributed by atoms with E-state index in [0.29, 0.717) is 23.3 Å². The summed E-state index contributed by atoms with van der Waals surface area (Å²) in [7, 11) is 0. The number of H-pyrrole nitrogens is 1. The molecule has 2 N–H and O–H groups in total. The first-order chi connectivity index (χ1) is 15.0. The molecule has 3 aromatic rings. The standard InChI is InChI=1S/C25H20FN3O2/c1-15-13-20-19-7-2-3-8-22(19)28-23(20)21(24(30)27-18-5-4-6-18)14-29(15)25(31)16-9-11-17(26)12-10-16/h2-12,14-15,28H,13H2,1H3,(H,27,30). The fourth-order valence-electron chi connectivity index (χ4n) is 4.01. The molecule has 2 aliphatic rings. The number of carbonyl (C=O) groups excluding carboxylic acids is 2. The lowest BCUT2D eigenvalue weighted by Crippen LogP contribution is -2.35. The maximum atomic E-state index is 13.3. The zero-order chi connectivity index (χ0) is 21.5. The van der Waals surface area contributed by atoms with Crippen LogP contribution in [-0.2, 0) is 11.2 Å². The third kappa shape index (κ3) is 3.36. The van der Waals surface area contributed by atoms with Crippen molar-refractivity contribution >= 4 is 28.3 Å². The van der Waals surface area contributed by atoms with E-state index in [1.165, 1.54) is 24.3 Å². The molecule has 0 saturated carbocycles. The SMILES string of the molecule is CC1Cc2c([nH]c3ccccc23)C(C(=O)NC2=CC=C2)=CN1C(=O)c1ccc(F)cc1. The van der Waals surface area contributed by atoms with E-state index >= 15 is 0 Å². The maximum absolute atomic E-state index is 13.3. The zero-order valence-corrected chi connectivity index (χ0v) is 16.9.